The summed E-state index contributed by atoms with van der Waals surface area (Å²) < 4.78 is 28.3. The van der Waals surface area contributed by atoms with Crippen LogP contribution < -0.4 is 4.72 Å². The highest BCUT2D eigenvalue weighted by atomic mass is 32.2. The Morgan fingerprint density at radius 1 is 1.19 bits per heavy atom. The van der Waals surface area contributed by atoms with Crippen LogP contribution in [0.25, 0.3) is 0 Å². The molecule has 2 atom stereocenters. The fraction of sp³-hybridized carbons (Fsp3) is 0.526. The van der Waals surface area contributed by atoms with Gasteiger partial charge in [-0.1, -0.05) is 43.7 Å². The molecule has 26 heavy (non-hydrogen) atoms. The zero-order chi connectivity index (χ0) is 18.6. The van der Waals surface area contributed by atoms with E-state index < -0.39 is 10.0 Å². The van der Waals surface area contributed by atoms with Gasteiger partial charge in [0, 0.05) is 38.1 Å². The number of likely N-dealkylation sites (tertiary alicyclic amines) is 1. The van der Waals surface area contributed by atoms with Gasteiger partial charge in [-0.15, -0.1) is 0 Å². The Bertz CT molecular complexity index is 804. The molecular formula is C19H28N4O2S. The molecule has 1 aliphatic heterocycles. The van der Waals surface area contributed by atoms with Crippen LogP contribution in [-0.4, -0.2) is 48.3 Å². The predicted molar refractivity (Wildman–Crippen MR) is 103 cm³/mol. The molecule has 142 valence electrons. The third-order valence-corrected chi connectivity index (χ3v) is 5.63. The quantitative estimate of drug-likeness (QED) is 0.766. The zero-order valence-electron chi connectivity index (χ0n) is 15.5. The molecule has 0 radical (unpaired) electrons. The lowest BCUT2D eigenvalue weighted by Crippen LogP contribution is -2.39. The highest BCUT2D eigenvalue weighted by Crippen LogP contribution is 2.24. The average molecular weight is 377 g/mol. The number of hydrogen-bond acceptors (Lipinski definition) is 4. The van der Waals surface area contributed by atoms with Crippen molar-refractivity contribution in [3.63, 3.8) is 0 Å². The topological polar surface area (TPSA) is 67.2 Å². The van der Waals surface area contributed by atoms with Crippen LogP contribution >= 0.6 is 0 Å². The summed E-state index contributed by atoms with van der Waals surface area (Å²) in [4.78, 5) is 6.84. The van der Waals surface area contributed by atoms with Gasteiger partial charge in [0.2, 0.25) is 10.0 Å². The minimum absolute atomic E-state index is 0.0116. The number of nitrogens with one attached hydrogen (secondary N) is 1. The number of benzene rings is 1. The predicted octanol–water partition coefficient (Wildman–Crippen LogP) is 2.08. The fourth-order valence-corrected chi connectivity index (χ4v) is 4.59. The first-order valence-electron chi connectivity index (χ1n) is 9.18. The van der Waals surface area contributed by atoms with Gasteiger partial charge in [-0.2, -0.15) is 0 Å². The number of sulfonamides is 1. The van der Waals surface area contributed by atoms with Crippen LogP contribution in [0, 0.1) is 5.92 Å². The second-order valence-electron chi connectivity index (χ2n) is 7.20. The second-order valence-corrected chi connectivity index (χ2v) is 8.98. The van der Waals surface area contributed by atoms with Crippen molar-refractivity contribution in [3.05, 3.63) is 54.1 Å². The van der Waals surface area contributed by atoms with Crippen molar-refractivity contribution in [2.45, 2.75) is 38.9 Å². The molecule has 0 aliphatic carbocycles. The van der Waals surface area contributed by atoms with Crippen LogP contribution in [-0.2, 0) is 23.1 Å². The van der Waals surface area contributed by atoms with Crippen LogP contribution in [0.1, 0.15) is 31.2 Å². The minimum atomic E-state index is -3.19. The Morgan fingerprint density at radius 3 is 2.65 bits per heavy atom. The third-order valence-electron chi connectivity index (χ3n) is 4.90. The van der Waals surface area contributed by atoms with Gasteiger partial charge in [-0.25, -0.2) is 18.1 Å². The van der Waals surface area contributed by atoms with E-state index >= 15 is 0 Å². The largest absolute Gasteiger partial charge is 0.329 e. The molecule has 3 rings (SSSR count). The molecule has 0 amide bonds. The van der Waals surface area contributed by atoms with Gasteiger partial charge < -0.3 is 4.57 Å². The summed E-state index contributed by atoms with van der Waals surface area (Å²) in [7, 11) is -3.19. The SMILES string of the molecule is CCC[C@H]1CN(Cc2nccn2Cc2ccccc2)C[C@@H]1NS(C)(=O)=O. The third kappa shape index (κ3) is 5.16. The maximum Gasteiger partial charge on any atom is 0.209 e. The van der Waals surface area contributed by atoms with Crippen LogP contribution in [0.5, 0.6) is 0 Å². The molecule has 0 saturated carbocycles. The normalized spacial score (nSPS) is 21.3. The highest BCUT2D eigenvalue weighted by Gasteiger charge is 2.34. The van der Waals surface area contributed by atoms with E-state index in [0.717, 1.165) is 44.8 Å². The van der Waals surface area contributed by atoms with E-state index in [1.165, 1.54) is 11.8 Å². The molecule has 1 N–H and O–H groups in total. The molecule has 1 saturated heterocycles. The number of aromatic nitrogens is 2. The van der Waals surface area contributed by atoms with Gasteiger partial charge in [-0.3, -0.25) is 4.90 Å². The molecule has 1 aromatic heterocycles. The highest BCUT2D eigenvalue weighted by molar-refractivity contribution is 7.88. The summed E-state index contributed by atoms with van der Waals surface area (Å²) >= 11 is 0. The molecule has 0 unspecified atom stereocenters. The standard InChI is InChI=1S/C19H28N4O2S/c1-3-7-17-13-22(14-18(17)21-26(2,24)25)15-19-20-10-11-23(19)12-16-8-5-4-6-9-16/h4-6,8-11,17-18,21H,3,7,12-15H2,1-2H3/t17-,18-/m0/s1. The van der Waals surface area contributed by atoms with Crippen molar-refractivity contribution < 1.29 is 8.42 Å². The number of hydrogen-bond donors (Lipinski definition) is 1. The monoisotopic (exact) mass is 376 g/mol. The molecule has 1 aliphatic rings. The molecule has 1 fully saturated rings. The minimum Gasteiger partial charge on any atom is -0.329 e. The smallest absolute Gasteiger partial charge is 0.209 e. The van der Waals surface area contributed by atoms with E-state index in [4.69, 9.17) is 0 Å². The first-order valence-corrected chi connectivity index (χ1v) is 11.1. The summed E-state index contributed by atoms with van der Waals surface area (Å²) in [6.07, 6.45) is 7.18. The van der Waals surface area contributed by atoms with Crippen LogP contribution in [0.3, 0.4) is 0 Å². The van der Waals surface area contributed by atoms with E-state index in [2.05, 4.69) is 38.2 Å². The van der Waals surface area contributed by atoms with Gasteiger partial charge in [0.1, 0.15) is 5.82 Å². The first kappa shape index (κ1) is 19.1. The summed E-state index contributed by atoms with van der Waals surface area (Å²) in [5.41, 5.74) is 1.24. The van der Waals surface area contributed by atoms with Gasteiger partial charge in [0.25, 0.3) is 0 Å². The lowest BCUT2D eigenvalue weighted by atomic mass is 9.99. The Morgan fingerprint density at radius 2 is 1.96 bits per heavy atom. The Labute approximate surface area is 156 Å². The molecular weight excluding hydrogens is 348 g/mol. The summed E-state index contributed by atoms with van der Waals surface area (Å²) in [5.74, 6) is 1.37. The molecule has 1 aromatic carbocycles. The van der Waals surface area contributed by atoms with Crippen molar-refractivity contribution in [2.24, 2.45) is 5.92 Å². The molecule has 2 heterocycles. The van der Waals surface area contributed by atoms with Crippen molar-refractivity contribution in [1.29, 1.82) is 0 Å². The Balaban J connectivity index is 1.67. The number of nitrogens with zero attached hydrogens (tertiary/aromatic N) is 3. The van der Waals surface area contributed by atoms with Crippen LogP contribution in [0.4, 0.5) is 0 Å². The number of imidazole rings is 1. The number of rotatable bonds is 8. The first-order chi connectivity index (χ1) is 12.4. The second kappa shape index (κ2) is 8.33. The molecule has 0 spiro atoms. The van der Waals surface area contributed by atoms with Crippen molar-refractivity contribution >= 4 is 10.0 Å². The maximum atomic E-state index is 11.7. The zero-order valence-corrected chi connectivity index (χ0v) is 16.3. The molecule has 7 heteroatoms. The lowest BCUT2D eigenvalue weighted by molar-refractivity contribution is 0.300. The van der Waals surface area contributed by atoms with Crippen molar-refractivity contribution in [1.82, 2.24) is 19.2 Å². The molecule has 6 nitrogen and oxygen atoms in total. The van der Waals surface area contributed by atoms with Crippen molar-refractivity contribution in [3.8, 4) is 0 Å². The lowest BCUT2D eigenvalue weighted by Gasteiger charge is -2.17. The Kier molecular flexibility index (Phi) is 6.11. The molecule has 2 aromatic rings. The van der Waals surface area contributed by atoms with E-state index in [1.807, 2.05) is 30.6 Å². The molecule has 0 bridgehead atoms. The fourth-order valence-electron chi connectivity index (χ4n) is 3.78. The summed E-state index contributed by atoms with van der Waals surface area (Å²) in [6, 6.07) is 10.3. The van der Waals surface area contributed by atoms with E-state index in [9.17, 15) is 8.42 Å². The van der Waals surface area contributed by atoms with E-state index in [-0.39, 0.29) is 6.04 Å². The average Bonchev–Trinajstić information content (AvgIpc) is 3.15. The van der Waals surface area contributed by atoms with Gasteiger partial charge in [0.15, 0.2) is 0 Å². The van der Waals surface area contributed by atoms with E-state index in [1.54, 1.807) is 0 Å². The van der Waals surface area contributed by atoms with E-state index in [0.29, 0.717) is 5.92 Å². The summed E-state index contributed by atoms with van der Waals surface area (Å²) in [6.45, 7) is 5.32. The van der Waals surface area contributed by atoms with Gasteiger partial charge in [0.05, 0.1) is 12.8 Å². The summed E-state index contributed by atoms with van der Waals surface area (Å²) in [5, 5.41) is 0. The van der Waals surface area contributed by atoms with Gasteiger partial charge >= 0.3 is 0 Å². The maximum absolute atomic E-state index is 11.7. The van der Waals surface area contributed by atoms with Crippen molar-refractivity contribution in [2.75, 3.05) is 19.3 Å². The van der Waals surface area contributed by atoms with Crippen LogP contribution in [0.2, 0.25) is 0 Å². The van der Waals surface area contributed by atoms with Crippen LogP contribution in [0.15, 0.2) is 42.7 Å². The Hall–Kier alpha value is -1.70. The van der Waals surface area contributed by atoms with Gasteiger partial charge in [-0.05, 0) is 17.9 Å².